The summed E-state index contributed by atoms with van der Waals surface area (Å²) in [5.74, 6) is 0.265. The van der Waals surface area contributed by atoms with Gasteiger partial charge in [0.15, 0.2) is 0 Å². The standard InChI is InChI=1S/C14H27N3O3S/c1-3-11-21(19,20)17-9-5-12(6-10-17)16-13(18)14(2)7-4-8-15-14/h12,15H,3-11H2,1-2H3,(H,16,18). The summed E-state index contributed by atoms with van der Waals surface area (Å²) >= 11 is 0. The Bertz CT molecular complexity index is 464. The van der Waals surface area contributed by atoms with Crippen LogP contribution in [0.4, 0.5) is 0 Å². The maximum absolute atomic E-state index is 12.3. The molecule has 2 aliphatic rings. The van der Waals surface area contributed by atoms with E-state index in [-0.39, 0.29) is 17.7 Å². The van der Waals surface area contributed by atoms with Gasteiger partial charge in [0, 0.05) is 19.1 Å². The number of carbonyl (C=O) groups excluding carboxylic acids is 1. The summed E-state index contributed by atoms with van der Waals surface area (Å²) in [4.78, 5) is 12.3. The van der Waals surface area contributed by atoms with E-state index in [4.69, 9.17) is 0 Å². The predicted molar refractivity (Wildman–Crippen MR) is 82.5 cm³/mol. The lowest BCUT2D eigenvalue weighted by molar-refractivity contribution is -0.127. The number of hydrogen-bond acceptors (Lipinski definition) is 4. The van der Waals surface area contributed by atoms with Crippen molar-refractivity contribution in [3.8, 4) is 0 Å². The Labute approximate surface area is 127 Å². The fourth-order valence-corrected chi connectivity index (χ4v) is 4.64. The first-order valence-corrected chi connectivity index (χ1v) is 9.52. The average Bonchev–Trinajstić information content (AvgIpc) is 2.88. The van der Waals surface area contributed by atoms with Crippen molar-refractivity contribution in [3.63, 3.8) is 0 Å². The minimum Gasteiger partial charge on any atom is -0.352 e. The van der Waals surface area contributed by atoms with Crippen LogP contribution in [0.2, 0.25) is 0 Å². The van der Waals surface area contributed by atoms with E-state index < -0.39 is 15.6 Å². The molecule has 0 aromatic heterocycles. The van der Waals surface area contributed by atoms with Crippen LogP contribution in [0.3, 0.4) is 0 Å². The van der Waals surface area contributed by atoms with Crippen molar-refractivity contribution in [2.75, 3.05) is 25.4 Å². The van der Waals surface area contributed by atoms with E-state index >= 15 is 0 Å². The van der Waals surface area contributed by atoms with Crippen LogP contribution in [0.25, 0.3) is 0 Å². The van der Waals surface area contributed by atoms with E-state index in [0.29, 0.717) is 32.4 Å². The molecule has 122 valence electrons. The van der Waals surface area contributed by atoms with Crippen LogP contribution in [-0.4, -0.2) is 55.6 Å². The summed E-state index contributed by atoms with van der Waals surface area (Å²) in [5, 5.41) is 6.34. The van der Waals surface area contributed by atoms with Gasteiger partial charge in [0.25, 0.3) is 0 Å². The maximum Gasteiger partial charge on any atom is 0.240 e. The van der Waals surface area contributed by atoms with Crippen molar-refractivity contribution in [2.24, 2.45) is 0 Å². The molecule has 0 bridgehead atoms. The monoisotopic (exact) mass is 317 g/mol. The van der Waals surface area contributed by atoms with Gasteiger partial charge in [-0.15, -0.1) is 0 Å². The van der Waals surface area contributed by atoms with E-state index in [2.05, 4.69) is 10.6 Å². The highest BCUT2D eigenvalue weighted by molar-refractivity contribution is 7.89. The number of nitrogens with one attached hydrogen (secondary N) is 2. The third-order valence-electron chi connectivity index (χ3n) is 4.51. The zero-order chi connectivity index (χ0) is 15.5. The highest BCUT2D eigenvalue weighted by Gasteiger charge is 2.37. The molecule has 7 heteroatoms. The molecule has 2 saturated heterocycles. The first-order chi connectivity index (χ1) is 9.87. The molecular formula is C14H27N3O3S. The Morgan fingerprint density at radius 1 is 1.38 bits per heavy atom. The van der Waals surface area contributed by atoms with Gasteiger partial charge in [-0.2, -0.15) is 0 Å². The van der Waals surface area contributed by atoms with E-state index in [0.717, 1.165) is 19.4 Å². The summed E-state index contributed by atoms with van der Waals surface area (Å²) in [6.45, 7) is 5.72. The molecule has 0 aromatic carbocycles. The summed E-state index contributed by atoms with van der Waals surface area (Å²) in [5.41, 5.74) is -0.453. The molecule has 1 unspecified atom stereocenters. The van der Waals surface area contributed by atoms with Crippen LogP contribution >= 0.6 is 0 Å². The quantitative estimate of drug-likeness (QED) is 0.772. The summed E-state index contributed by atoms with van der Waals surface area (Å²) in [6.07, 6.45) is 3.93. The van der Waals surface area contributed by atoms with Gasteiger partial charge in [-0.05, 0) is 45.6 Å². The molecule has 2 fully saturated rings. The summed E-state index contributed by atoms with van der Waals surface area (Å²) in [6, 6.07) is 0.0878. The van der Waals surface area contributed by atoms with Crippen molar-refractivity contribution in [3.05, 3.63) is 0 Å². The molecule has 0 aromatic rings. The molecule has 0 spiro atoms. The predicted octanol–water partition coefficient (Wildman–Crippen LogP) is 0.449. The Kier molecular flexibility index (Phi) is 5.27. The van der Waals surface area contributed by atoms with Crippen molar-refractivity contribution in [1.82, 2.24) is 14.9 Å². The van der Waals surface area contributed by atoms with Gasteiger partial charge in [-0.3, -0.25) is 4.79 Å². The van der Waals surface area contributed by atoms with Crippen LogP contribution in [0.5, 0.6) is 0 Å². The van der Waals surface area contributed by atoms with Crippen LogP contribution in [0.15, 0.2) is 0 Å². The number of carbonyl (C=O) groups is 1. The molecule has 1 amide bonds. The van der Waals surface area contributed by atoms with Crippen LogP contribution in [0, 0.1) is 0 Å². The lowest BCUT2D eigenvalue weighted by Crippen LogP contribution is -2.55. The fraction of sp³-hybridized carbons (Fsp3) is 0.929. The summed E-state index contributed by atoms with van der Waals surface area (Å²) < 4.78 is 25.6. The SMILES string of the molecule is CCCS(=O)(=O)N1CCC(NC(=O)C2(C)CCCN2)CC1. The van der Waals surface area contributed by atoms with Gasteiger partial charge in [0.1, 0.15) is 0 Å². The van der Waals surface area contributed by atoms with Crippen molar-refractivity contribution < 1.29 is 13.2 Å². The van der Waals surface area contributed by atoms with Crippen LogP contribution in [0.1, 0.15) is 46.0 Å². The van der Waals surface area contributed by atoms with Crippen LogP contribution < -0.4 is 10.6 Å². The van der Waals surface area contributed by atoms with E-state index in [1.54, 1.807) is 4.31 Å². The number of sulfonamides is 1. The number of hydrogen-bond donors (Lipinski definition) is 2. The molecule has 2 N–H and O–H groups in total. The van der Waals surface area contributed by atoms with Gasteiger partial charge in [-0.1, -0.05) is 6.92 Å². The molecule has 1 atom stereocenters. The molecule has 21 heavy (non-hydrogen) atoms. The van der Waals surface area contributed by atoms with Gasteiger partial charge in [0.05, 0.1) is 11.3 Å². The largest absolute Gasteiger partial charge is 0.352 e. The zero-order valence-corrected chi connectivity index (χ0v) is 13.8. The lowest BCUT2D eigenvalue weighted by Gasteiger charge is -2.33. The molecule has 0 aliphatic carbocycles. The van der Waals surface area contributed by atoms with Crippen molar-refractivity contribution in [1.29, 1.82) is 0 Å². The van der Waals surface area contributed by atoms with Gasteiger partial charge >= 0.3 is 0 Å². The first-order valence-electron chi connectivity index (χ1n) is 7.91. The topological polar surface area (TPSA) is 78.5 Å². The average molecular weight is 317 g/mol. The fourth-order valence-electron chi connectivity index (χ4n) is 3.10. The first kappa shape index (κ1) is 16.7. The Hall–Kier alpha value is -0.660. The lowest BCUT2D eigenvalue weighted by atomic mass is 9.97. The van der Waals surface area contributed by atoms with E-state index in [1.165, 1.54) is 0 Å². The normalized spacial score (nSPS) is 28.7. The minimum absolute atomic E-state index is 0.0508. The number of piperidine rings is 1. The molecule has 2 aliphatic heterocycles. The van der Waals surface area contributed by atoms with Crippen molar-refractivity contribution in [2.45, 2.75) is 57.5 Å². The highest BCUT2D eigenvalue weighted by Crippen LogP contribution is 2.20. The van der Waals surface area contributed by atoms with Gasteiger partial charge < -0.3 is 10.6 Å². The Morgan fingerprint density at radius 3 is 2.57 bits per heavy atom. The summed E-state index contributed by atoms with van der Waals surface area (Å²) in [7, 11) is -3.10. The third-order valence-corrected chi connectivity index (χ3v) is 6.59. The van der Waals surface area contributed by atoms with E-state index in [1.807, 2.05) is 13.8 Å². The molecule has 6 nitrogen and oxygen atoms in total. The number of amides is 1. The minimum atomic E-state index is -3.10. The third kappa shape index (κ3) is 3.96. The second-order valence-electron chi connectivity index (χ2n) is 6.33. The second kappa shape index (κ2) is 6.62. The highest BCUT2D eigenvalue weighted by atomic mass is 32.2. The molecule has 2 rings (SSSR count). The van der Waals surface area contributed by atoms with Crippen LogP contribution in [-0.2, 0) is 14.8 Å². The van der Waals surface area contributed by atoms with Crippen molar-refractivity contribution >= 4 is 15.9 Å². The number of nitrogens with zero attached hydrogens (tertiary/aromatic N) is 1. The van der Waals surface area contributed by atoms with Gasteiger partial charge in [0.2, 0.25) is 15.9 Å². The number of rotatable bonds is 5. The second-order valence-corrected chi connectivity index (χ2v) is 8.41. The molecule has 0 saturated carbocycles. The molecular weight excluding hydrogens is 290 g/mol. The molecule has 0 radical (unpaired) electrons. The zero-order valence-electron chi connectivity index (χ0n) is 13.0. The van der Waals surface area contributed by atoms with E-state index in [9.17, 15) is 13.2 Å². The Morgan fingerprint density at radius 2 is 2.05 bits per heavy atom. The smallest absolute Gasteiger partial charge is 0.240 e. The molecule has 2 heterocycles. The Balaban J connectivity index is 1.83. The maximum atomic E-state index is 12.3. The van der Waals surface area contributed by atoms with Gasteiger partial charge in [-0.25, -0.2) is 12.7 Å².